The second-order valence-electron chi connectivity index (χ2n) is 4.58. The van der Waals surface area contributed by atoms with E-state index in [2.05, 4.69) is 18.8 Å². The summed E-state index contributed by atoms with van der Waals surface area (Å²) in [5, 5.41) is 10.2. The van der Waals surface area contributed by atoms with E-state index >= 15 is 0 Å². The number of carboxylic acid groups (broad SMARTS) is 1. The van der Waals surface area contributed by atoms with Gasteiger partial charge in [0.15, 0.2) is 0 Å². The third-order valence-electron chi connectivity index (χ3n) is 2.89. The van der Waals surface area contributed by atoms with E-state index in [1.165, 1.54) is 0 Å². The first-order valence-electron chi connectivity index (χ1n) is 5.21. The van der Waals surface area contributed by atoms with Crippen LogP contribution in [0.1, 0.15) is 42.5 Å². The Morgan fingerprint density at radius 1 is 1.67 bits per heavy atom. The third-order valence-corrected chi connectivity index (χ3v) is 4.18. The molecule has 1 aromatic heterocycles. The number of carbonyl (C=O) groups is 1. The highest BCUT2D eigenvalue weighted by Crippen LogP contribution is 2.49. The zero-order valence-corrected chi connectivity index (χ0v) is 9.80. The fourth-order valence-corrected chi connectivity index (χ4v) is 2.69. The number of hydrogen-bond donors (Lipinski definition) is 1. The molecule has 3 nitrogen and oxygen atoms in total. The summed E-state index contributed by atoms with van der Waals surface area (Å²) in [7, 11) is 0. The van der Waals surface area contributed by atoms with Gasteiger partial charge in [0.25, 0.3) is 0 Å². The molecule has 82 valence electrons. The second-order valence-corrected chi connectivity index (χ2v) is 5.73. The van der Waals surface area contributed by atoms with Gasteiger partial charge in [0.05, 0.1) is 10.4 Å². The fraction of sp³-hybridized carbons (Fsp3) is 0.636. The molecule has 1 aliphatic carbocycles. The van der Waals surface area contributed by atoms with Gasteiger partial charge in [-0.15, -0.1) is 11.3 Å². The fourth-order valence-electron chi connectivity index (χ4n) is 1.62. The number of aliphatic carboxylic acids is 1. The van der Waals surface area contributed by atoms with Crippen LogP contribution in [0.4, 0.5) is 0 Å². The molecule has 15 heavy (non-hydrogen) atoms. The van der Waals surface area contributed by atoms with Crippen LogP contribution in [0.3, 0.4) is 0 Å². The molecule has 0 spiro atoms. The molecule has 2 rings (SSSR count). The van der Waals surface area contributed by atoms with Crippen LogP contribution < -0.4 is 0 Å². The van der Waals surface area contributed by atoms with Crippen molar-refractivity contribution in [1.29, 1.82) is 0 Å². The second kappa shape index (κ2) is 3.59. The standard InChI is InChI=1S/C11H15NO2S/c1-7(2)9-12-6-8(15-9)5-11(3-4-11)10(13)14/h6-7H,3-5H2,1-2H3,(H,13,14). The van der Waals surface area contributed by atoms with E-state index in [9.17, 15) is 4.79 Å². The molecule has 0 aromatic carbocycles. The van der Waals surface area contributed by atoms with Crippen molar-refractivity contribution in [1.82, 2.24) is 4.98 Å². The minimum absolute atomic E-state index is 0.434. The largest absolute Gasteiger partial charge is 0.481 e. The summed E-state index contributed by atoms with van der Waals surface area (Å²) in [5.41, 5.74) is -0.458. The Bertz CT molecular complexity index is 380. The summed E-state index contributed by atoms with van der Waals surface area (Å²) in [4.78, 5) is 16.4. The van der Waals surface area contributed by atoms with Crippen molar-refractivity contribution >= 4 is 17.3 Å². The normalized spacial score (nSPS) is 18.1. The quantitative estimate of drug-likeness (QED) is 0.857. The van der Waals surface area contributed by atoms with Crippen LogP contribution in [0.5, 0.6) is 0 Å². The van der Waals surface area contributed by atoms with Gasteiger partial charge in [-0.2, -0.15) is 0 Å². The molecule has 0 amide bonds. The molecule has 1 aliphatic rings. The maximum atomic E-state index is 11.0. The van der Waals surface area contributed by atoms with E-state index in [0.717, 1.165) is 22.7 Å². The molecule has 1 heterocycles. The molecule has 0 saturated heterocycles. The highest BCUT2D eigenvalue weighted by molar-refractivity contribution is 7.11. The number of hydrogen-bond acceptors (Lipinski definition) is 3. The van der Waals surface area contributed by atoms with Crippen molar-refractivity contribution in [2.75, 3.05) is 0 Å². The van der Waals surface area contributed by atoms with Crippen LogP contribution in [0.15, 0.2) is 6.20 Å². The Labute approximate surface area is 93.2 Å². The monoisotopic (exact) mass is 225 g/mol. The minimum Gasteiger partial charge on any atom is -0.481 e. The number of rotatable bonds is 4. The number of thiazole rings is 1. The first-order valence-corrected chi connectivity index (χ1v) is 6.03. The van der Waals surface area contributed by atoms with Crippen molar-refractivity contribution in [3.05, 3.63) is 16.1 Å². The van der Waals surface area contributed by atoms with Crippen molar-refractivity contribution in [2.45, 2.75) is 39.0 Å². The van der Waals surface area contributed by atoms with Gasteiger partial charge < -0.3 is 5.11 Å². The van der Waals surface area contributed by atoms with Crippen molar-refractivity contribution in [3.8, 4) is 0 Å². The van der Waals surface area contributed by atoms with E-state index in [4.69, 9.17) is 5.11 Å². The Balaban J connectivity index is 2.08. The van der Waals surface area contributed by atoms with Gasteiger partial charge in [0, 0.05) is 17.0 Å². The maximum absolute atomic E-state index is 11.0. The van der Waals surface area contributed by atoms with Gasteiger partial charge in [0.2, 0.25) is 0 Å². The number of nitrogens with zero attached hydrogens (tertiary/aromatic N) is 1. The van der Waals surface area contributed by atoms with Gasteiger partial charge in [-0.25, -0.2) is 4.98 Å². The summed E-state index contributed by atoms with van der Waals surface area (Å²) >= 11 is 1.65. The van der Waals surface area contributed by atoms with Crippen molar-refractivity contribution < 1.29 is 9.90 Å². The van der Waals surface area contributed by atoms with E-state index in [1.54, 1.807) is 11.3 Å². The predicted octanol–water partition coefficient (Wildman–Crippen LogP) is 2.67. The van der Waals surface area contributed by atoms with Crippen LogP contribution in [0.25, 0.3) is 0 Å². The summed E-state index contributed by atoms with van der Waals surface area (Å²) in [6, 6.07) is 0. The topological polar surface area (TPSA) is 50.2 Å². The summed E-state index contributed by atoms with van der Waals surface area (Å²) < 4.78 is 0. The maximum Gasteiger partial charge on any atom is 0.310 e. The SMILES string of the molecule is CC(C)c1ncc(CC2(C(=O)O)CC2)s1. The third kappa shape index (κ3) is 2.04. The lowest BCUT2D eigenvalue weighted by Crippen LogP contribution is -2.16. The zero-order valence-electron chi connectivity index (χ0n) is 8.99. The highest BCUT2D eigenvalue weighted by atomic mass is 32.1. The van der Waals surface area contributed by atoms with Gasteiger partial charge >= 0.3 is 5.97 Å². The van der Waals surface area contributed by atoms with Gasteiger partial charge in [-0.1, -0.05) is 13.8 Å². The Morgan fingerprint density at radius 2 is 2.33 bits per heavy atom. The summed E-state index contributed by atoms with van der Waals surface area (Å²) in [5.74, 6) is -0.217. The Morgan fingerprint density at radius 3 is 2.73 bits per heavy atom. The molecule has 0 bridgehead atoms. The van der Waals surface area contributed by atoms with Crippen LogP contribution in [-0.4, -0.2) is 16.1 Å². The summed E-state index contributed by atoms with van der Waals surface area (Å²) in [6.45, 7) is 4.21. The smallest absolute Gasteiger partial charge is 0.310 e. The Kier molecular flexibility index (Phi) is 2.54. The molecule has 1 aromatic rings. The Hall–Kier alpha value is -0.900. The lowest BCUT2D eigenvalue weighted by molar-refractivity contribution is -0.143. The molecular formula is C11H15NO2S. The predicted molar refractivity (Wildman–Crippen MR) is 59.2 cm³/mol. The minimum atomic E-state index is -0.651. The molecule has 0 radical (unpaired) electrons. The molecule has 4 heteroatoms. The molecule has 0 atom stereocenters. The van der Waals surface area contributed by atoms with E-state index in [1.807, 2.05) is 6.20 Å². The van der Waals surface area contributed by atoms with Gasteiger partial charge in [-0.05, 0) is 19.3 Å². The average Bonchev–Trinajstić information content (AvgIpc) is 2.76. The van der Waals surface area contributed by atoms with Gasteiger partial charge in [-0.3, -0.25) is 4.79 Å². The highest BCUT2D eigenvalue weighted by Gasteiger charge is 2.50. The van der Waals surface area contributed by atoms with E-state index in [0.29, 0.717) is 12.3 Å². The molecular weight excluding hydrogens is 210 g/mol. The van der Waals surface area contributed by atoms with E-state index in [-0.39, 0.29) is 0 Å². The number of carboxylic acids is 1. The van der Waals surface area contributed by atoms with Crippen molar-refractivity contribution in [2.24, 2.45) is 5.41 Å². The van der Waals surface area contributed by atoms with E-state index < -0.39 is 11.4 Å². The van der Waals surface area contributed by atoms with Crippen LogP contribution >= 0.6 is 11.3 Å². The lowest BCUT2D eigenvalue weighted by Gasteiger charge is -2.06. The molecule has 1 saturated carbocycles. The average molecular weight is 225 g/mol. The van der Waals surface area contributed by atoms with Crippen LogP contribution in [0.2, 0.25) is 0 Å². The summed E-state index contributed by atoms with van der Waals surface area (Å²) in [6.07, 6.45) is 4.13. The molecule has 0 aliphatic heterocycles. The van der Waals surface area contributed by atoms with Crippen LogP contribution in [-0.2, 0) is 11.2 Å². The van der Waals surface area contributed by atoms with Crippen LogP contribution in [0, 0.1) is 5.41 Å². The molecule has 1 fully saturated rings. The molecule has 0 unspecified atom stereocenters. The first-order chi connectivity index (χ1) is 7.03. The van der Waals surface area contributed by atoms with Gasteiger partial charge in [0.1, 0.15) is 0 Å². The lowest BCUT2D eigenvalue weighted by atomic mass is 10.0. The first kappa shape index (κ1) is 10.6. The van der Waals surface area contributed by atoms with Crippen molar-refractivity contribution in [3.63, 3.8) is 0 Å². The molecule has 1 N–H and O–H groups in total. The number of aromatic nitrogens is 1. The zero-order chi connectivity index (χ0) is 11.1.